The average Bonchev–Trinajstić information content (AvgIpc) is 2.96. The molecule has 0 radical (unpaired) electrons. The first-order chi connectivity index (χ1) is 10.2. The molecule has 0 unspecified atom stereocenters. The number of nitrogens with zero attached hydrogens (tertiary/aromatic N) is 1. The molecule has 0 saturated heterocycles. The second-order valence-electron chi connectivity index (χ2n) is 4.35. The average molecular weight is 348 g/mol. The normalized spacial score (nSPS) is 10.6. The predicted octanol–water partition coefficient (Wildman–Crippen LogP) is 4.82. The van der Waals surface area contributed by atoms with Crippen LogP contribution in [-0.2, 0) is 6.61 Å². The van der Waals surface area contributed by atoms with E-state index in [9.17, 15) is 4.39 Å². The van der Waals surface area contributed by atoms with Crippen molar-refractivity contribution in [1.82, 2.24) is 4.98 Å². The zero-order chi connectivity index (χ0) is 14.7. The third-order valence-corrected chi connectivity index (χ3v) is 3.35. The number of benzene rings is 2. The minimum Gasteiger partial charge on any atom is -0.481 e. The zero-order valence-electron chi connectivity index (χ0n) is 10.9. The van der Waals surface area contributed by atoms with Crippen LogP contribution in [0.25, 0.3) is 11.3 Å². The monoisotopic (exact) mass is 347 g/mol. The minimum atomic E-state index is -0.431. The standard InChI is InChI=1S/C16H11BrFNO2/c17-12-6-7-14(13(18)8-12)20-10-16-19-9-15(21-16)11-4-2-1-3-5-11/h1-9H,10H2. The van der Waals surface area contributed by atoms with E-state index < -0.39 is 5.82 Å². The Hall–Kier alpha value is -2.14. The van der Waals surface area contributed by atoms with Crippen LogP contribution >= 0.6 is 15.9 Å². The summed E-state index contributed by atoms with van der Waals surface area (Å²) >= 11 is 3.20. The summed E-state index contributed by atoms with van der Waals surface area (Å²) in [5.41, 5.74) is 0.936. The molecule has 0 amide bonds. The molecule has 3 nitrogen and oxygen atoms in total. The maximum Gasteiger partial charge on any atom is 0.232 e. The molecule has 0 atom stereocenters. The Morgan fingerprint density at radius 3 is 2.71 bits per heavy atom. The molecule has 0 aliphatic heterocycles. The lowest BCUT2D eigenvalue weighted by Gasteiger charge is -2.04. The van der Waals surface area contributed by atoms with Crippen molar-refractivity contribution in [3.05, 3.63) is 70.9 Å². The summed E-state index contributed by atoms with van der Waals surface area (Å²) in [5, 5.41) is 0. The lowest BCUT2D eigenvalue weighted by Crippen LogP contribution is -1.97. The van der Waals surface area contributed by atoms with Crippen molar-refractivity contribution in [2.75, 3.05) is 0 Å². The van der Waals surface area contributed by atoms with Crippen molar-refractivity contribution in [3.63, 3.8) is 0 Å². The Kier molecular flexibility index (Phi) is 4.01. The van der Waals surface area contributed by atoms with Gasteiger partial charge in [-0.15, -0.1) is 0 Å². The van der Waals surface area contributed by atoms with Crippen molar-refractivity contribution < 1.29 is 13.5 Å². The van der Waals surface area contributed by atoms with Crippen molar-refractivity contribution in [3.8, 4) is 17.1 Å². The third kappa shape index (κ3) is 3.31. The van der Waals surface area contributed by atoms with Gasteiger partial charge in [-0.2, -0.15) is 0 Å². The first kappa shape index (κ1) is 13.8. The molecular weight excluding hydrogens is 337 g/mol. The van der Waals surface area contributed by atoms with Crippen molar-refractivity contribution in [1.29, 1.82) is 0 Å². The number of hydrogen-bond acceptors (Lipinski definition) is 3. The van der Waals surface area contributed by atoms with Gasteiger partial charge < -0.3 is 9.15 Å². The fraction of sp³-hybridized carbons (Fsp3) is 0.0625. The van der Waals surface area contributed by atoms with Gasteiger partial charge in [0, 0.05) is 10.0 Å². The van der Waals surface area contributed by atoms with Crippen molar-refractivity contribution >= 4 is 15.9 Å². The molecule has 1 aromatic heterocycles. The maximum absolute atomic E-state index is 13.6. The highest BCUT2D eigenvalue weighted by atomic mass is 79.9. The first-order valence-corrected chi connectivity index (χ1v) is 7.09. The highest BCUT2D eigenvalue weighted by molar-refractivity contribution is 9.10. The van der Waals surface area contributed by atoms with E-state index in [-0.39, 0.29) is 12.4 Å². The van der Waals surface area contributed by atoms with Crippen LogP contribution in [0, 0.1) is 5.82 Å². The van der Waals surface area contributed by atoms with Gasteiger partial charge in [0.05, 0.1) is 6.20 Å². The number of halogens is 2. The Balaban J connectivity index is 1.70. The van der Waals surface area contributed by atoms with Gasteiger partial charge >= 0.3 is 0 Å². The third-order valence-electron chi connectivity index (χ3n) is 2.86. The van der Waals surface area contributed by atoms with Crippen molar-refractivity contribution in [2.24, 2.45) is 0 Å². The molecule has 1 heterocycles. The number of oxazole rings is 1. The lowest BCUT2D eigenvalue weighted by molar-refractivity contribution is 0.253. The van der Waals surface area contributed by atoms with E-state index in [0.29, 0.717) is 16.1 Å². The molecule has 21 heavy (non-hydrogen) atoms. The van der Waals surface area contributed by atoms with Gasteiger partial charge in [0.2, 0.25) is 5.89 Å². The summed E-state index contributed by atoms with van der Waals surface area (Å²) in [4.78, 5) is 4.13. The van der Waals surface area contributed by atoms with Crippen LogP contribution in [0.4, 0.5) is 4.39 Å². The highest BCUT2D eigenvalue weighted by Crippen LogP contribution is 2.24. The molecule has 5 heteroatoms. The summed E-state index contributed by atoms with van der Waals surface area (Å²) in [6.07, 6.45) is 1.63. The Morgan fingerprint density at radius 2 is 1.95 bits per heavy atom. The van der Waals surface area contributed by atoms with Gasteiger partial charge in [0.1, 0.15) is 0 Å². The zero-order valence-corrected chi connectivity index (χ0v) is 12.5. The fourth-order valence-corrected chi connectivity index (χ4v) is 2.18. The van der Waals surface area contributed by atoms with Gasteiger partial charge in [-0.3, -0.25) is 0 Å². The SMILES string of the molecule is Fc1cc(Br)ccc1OCc1ncc(-c2ccccc2)o1. The molecule has 0 aliphatic carbocycles. The van der Waals surface area contributed by atoms with Crippen LogP contribution in [0.15, 0.2) is 63.6 Å². The van der Waals surface area contributed by atoms with Crippen LogP contribution in [0.1, 0.15) is 5.89 Å². The number of ether oxygens (including phenoxy) is 1. The summed E-state index contributed by atoms with van der Waals surface area (Å²) in [6, 6.07) is 14.2. The molecule has 3 aromatic rings. The Morgan fingerprint density at radius 1 is 1.14 bits per heavy atom. The van der Waals surface area contributed by atoms with E-state index in [1.54, 1.807) is 18.3 Å². The highest BCUT2D eigenvalue weighted by Gasteiger charge is 2.09. The van der Waals surface area contributed by atoms with Crippen LogP contribution < -0.4 is 4.74 Å². The van der Waals surface area contributed by atoms with Gasteiger partial charge in [0.25, 0.3) is 0 Å². The minimum absolute atomic E-state index is 0.0748. The second kappa shape index (κ2) is 6.10. The number of aromatic nitrogens is 1. The summed E-state index contributed by atoms with van der Waals surface area (Å²) in [7, 11) is 0. The molecule has 2 aromatic carbocycles. The quantitative estimate of drug-likeness (QED) is 0.678. The smallest absolute Gasteiger partial charge is 0.232 e. The molecular formula is C16H11BrFNO2. The molecule has 0 spiro atoms. The fourth-order valence-electron chi connectivity index (χ4n) is 1.84. The predicted molar refractivity (Wildman–Crippen MR) is 80.4 cm³/mol. The summed E-state index contributed by atoms with van der Waals surface area (Å²) in [5.74, 6) is 0.790. The van der Waals surface area contributed by atoms with Crippen LogP contribution in [0.2, 0.25) is 0 Å². The van der Waals surface area contributed by atoms with Gasteiger partial charge in [-0.1, -0.05) is 46.3 Å². The Labute approximate surface area is 129 Å². The van der Waals surface area contributed by atoms with Crippen LogP contribution in [0.3, 0.4) is 0 Å². The Bertz CT molecular complexity index is 743. The van der Waals surface area contributed by atoms with Crippen LogP contribution in [-0.4, -0.2) is 4.98 Å². The number of rotatable bonds is 4. The first-order valence-electron chi connectivity index (χ1n) is 6.30. The topological polar surface area (TPSA) is 35.3 Å². The largest absolute Gasteiger partial charge is 0.481 e. The molecule has 0 saturated carbocycles. The summed E-state index contributed by atoms with van der Waals surface area (Å²) in [6.45, 7) is 0.0748. The van der Waals surface area contributed by atoms with E-state index in [0.717, 1.165) is 5.56 Å². The van der Waals surface area contributed by atoms with Gasteiger partial charge in [0.15, 0.2) is 23.9 Å². The summed E-state index contributed by atoms with van der Waals surface area (Å²) < 4.78 is 25.2. The van der Waals surface area contributed by atoms with E-state index in [4.69, 9.17) is 9.15 Å². The molecule has 3 rings (SSSR count). The van der Waals surface area contributed by atoms with Crippen LogP contribution in [0.5, 0.6) is 5.75 Å². The number of hydrogen-bond donors (Lipinski definition) is 0. The van der Waals surface area contributed by atoms with E-state index in [1.807, 2.05) is 30.3 Å². The van der Waals surface area contributed by atoms with Gasteiger partial charge in [-0.25, -0.2) is 9.37 Å². The molecule has 106 valence electrons. The molecule has 0 fully saturated rings. The van der Waals surface area contributed by atoms with E-state index >= 15 is 0 Å². The second-order valence-corrected chi connectivity index (χ2v) is 5.26. The lowest BCUT2D eigenvalue weighted by atomic mass is 10.2. The molecule has 0 N–H and O–H groups in total. The van der Waals surface area contributed by atoms with E-state index in [2.05, 4.69) is 20.9 Å². The van der Waals surface area contributed by atoms with Gasteiger partial charge in [-0.05, 0) is 18.2 Å². The molecule has 0 bridgehead atoms. The van der Waals surface area contributed by atoms with E-state index in [1.165, 1.54) is 6.07 Å². The molecule has 0 aliphatic rings. The maximum atomic E-state index is 13.6. The van der Waals surface area contributed by atoms with Crippen molar-refractivity contribution in [2.45, 2.75) is 6.61 Å².